The molecule has 1 N–H and O–H groups in total. The predicted octanol–water partition coefficient (Wildman–Crippen LogP) is 3.89. The van der Waals surface area contributed by atoms with E-state index in [-0.39, 0.29) is 22.7 Å². The quantitative estimate of drug-likeness (QED) is 0.607. The Bertz CT molecular complexity index is 1110. The second-order valence-electron chi connectivity index (χ2n) is 6.22. The molecule has 0 spiro atoms. The molecule has 0 bridgehead atoms. The second kappa shape index (κ2) is 8.15. The Morgan fingerprint density at radius 3 is 2.57 bits per heavy atom. The van der Waals surface area contributed by atoms with Crippen molar-refractivity contribution in [3.63, 3.8) is 0 Å². The molecular formula is C19H19N3O4S2. The van der Waals surface area contributed by atoms with E-state index >= 15 is 0 Å². The Morgan fingerprint density at radius 2 is 1.86 bits per heavy atom. The van der Waals surface area contributed by atoms with Crippen LogP contribution in [0.3, 0.4) is 0 Å². The van der Waals surface area contributed by atoms with Gasteiger partial charge < -0.3 is 4.42 Å². The lowest BCUT2D eigenvalue weighted by molar-refractivity contribution is 0.102. The van der Waals surface area contributed by atoms with Crippen molar-refractivity contribution in [2.24, 2.45) is 0 Å². The van der Waals surface area contributed by atoms with Crippen LogP contribution in [0.2, 0.25) is 0 Å². The fourth-order valence-corrected chi connectivity index (χ4v) is 3.97. The van der Waals surface area contributed by atoms with Crippen molar-refractivity contribution in [3.05, 3.63) is 54.1 Å². The first-order chi connectivity index (χ1) is 13.3. The van der Waals surface area contributed by atoms with E-state index in [9.17, 15) is 13.2 Å². The zero-order chi connectivity index (χ0) is 20.3. The van der Waals surface area contributed by atoms with Crippen LogP contribution in [0.5, 0.6) is 0 Å². The third-order valence-corrected chi connectivity index (χ3v) is 6.89. The summed E-state index contributed by atoms with van der Waals surface area (Å²) >= 11 is 1.53. The van der Waals surface area contributed by atoms with E-state index in [4.69, 9.17) is 4.42 Å². The highest BCUT2D eigenvalue weighted by Gasteiger charge is 2.21. The minimum Gasteiger partial charge on any atom is -0.403 e. The molecule has 7 nitrogen and oxygen atoms in total. The number of hydrogen-bond donors (Lipinski definition) is 1. The van der Waals surface area contributed by atoms with Gasteiger partial charge in [-0.15, -0.1) is 16.9 Å². The Labute approximate surface area is 167 Å². The number of carbonyl (C=O) groups is 1. The number of benzene rings is 2. The van der Waals surface area contributed by atoms with Crippen LogP contribution in [0, 0.1) is 0 Å². The minimum atomic E-state index is -3.42. The molecular weight excluding hydrogens is 398 g/mol. The van der Waals surface area contributed by atoms with Gasteiger partial charge >= 0.3 is 6.01 Å². The topological polar surface area (TPSA) is 102 Å². The Kier molecular flexibility index (Phi) is 5.85. The van der Waals surface area contributed by atoms with Crippen LogP contribution < -0.4 is 5.32 Å². The first kappa shape index (κ1) is 20.1. The molecule has 0 atom stereocenters. The number of anilines is 1. The lowest BCUT2D eigenvalue weighted by Crippen LogP contribution is -2.13. The monoisotopic (exact) mass is 417 g/mol. The molecule has 1 heterocycles. The number of carbonyl (C=O) groups excluding carboxylic acids is 1. The number of thioether (sulfide) groups is 1. The van der Waals surface area contributed by atoms with Gasteiger partial charge in [0.2, 0.25) is 5.89 Å². The highest BCUT2D eigenvalue weighted by atomic mass is 32.2. The van der Waals surface area contributed by atoms with Gasteiger partial charge in [-0.05, 0) is 56.5 Å². The van der Waals surface area contributed by atoms with Crippen molar-refractivity contribution in [2.45, 2.75) is 28.9 Å². The normalized spacial score (nSPS) is 11.6. The molecule has 3 rings (SSSR count). The van der Waals surface area contributed by atoms with Crippen LogP contribution >= 0.6 is 11.8 Å². The van der Waals surface area contributed by atoms with E-state index in [1.807, 2.05) is 12.3 Å². The summed E-state index contributed by atoms with van der Waals surface area (Å²) in [4.78, 5) is 13.5. The Hall–Kier alpha value is -2.65. The van der Waals surface area contributed by atoms with Crippen molar-refractivity contribution in [1.29, 1.82) is 0 Å². The van der Waals surface area contributed by atoms with Crippen LogP contribution in [0.4, 0.5) is 6.01 Å². The molecule has 0 saturated heterocycles. The number of nitrogens with zero attached hydrogens (tertiary/aromatic N) is 2. The maximum absolute atomic E-state index is 12.4. The number of rotatable bonds is 6. The molecule has 28 heavy (non-hydrogen) atoms. The summed E-state index contributed by atoms with van der Waals surface area (Å²) in [5.41, 5.74) is 0.927. The summed E-state index contributed by atoms with van der Waals surface area (Å²) in [6.07, 6.45) is 1.93. The summed E-state index contributed by atoms with van der Waals surface area (Å²) < 4.78 is 30.2. The smallest absolute Gasteiger partial charge is 0.322 e. The summed E-state index contributed by atoms with van der Waals surface area (Å²) in [5, 5.41) is 9.74. The number of amides is 1. The van der Waals surface area contributed by atoms with Crippen LogP contribution in [-0.2, 0) is 9.84 Å². The van der Waals surface area contributed by atoms with Crippen LogP contribution in [0.25, 0.3) is 11.5 Å². The summed E-state index contributed by atoms with van der Waals surface area (Å²) in [7, 11) is -3.42. The van der Waals surface area contributed by atoms with E-state index in [0.29, 0.717) is 11.1 Å². The SMILES string of the molecule is CSc1cccc(C(=O)Nc2nnc(-c3cccc(S(=O)(=O)C(C)C)c3)o2)c1. The van der Waals surface area contributed by atoms with Crippen molar-refractivity contribution >= 4 is 33.5 Å². The lowest BCUT2D eigenvalue weighted by atomic mass is 10.2. The zero-order valence-corrected chi connectivity index (χ0v) is 17.2. The summed E-state index contributed by atoms with van der Waals surface area (Å²) in [6, 6.07) is 13.4. The van der Waals surface area contributed by atoms with Gasteiger partial charge in [0.15, 0.2) is 9.84 Å². The number of sulfone groups is 1. The molecule has 0 radical (unpaired) electrons. The van der Waals surface area contributed by atoms with Crippen LogP contribution in [0.15, 0.2) is 62.7 Å². The highest BCUT2D eigenvalue weighted by Crippen LogP contribution is 2.25. The van der Waals surface area contributed by atoms with E-state index in [1.54, 1.807) is 44.2 Å². The fourth-order valence-electron chi connectivity index (χ4n) is 2.40. The highest BCUT2D eigenvalue weighted by molar-refractivity contribution is 7.98. The Morgan fingerprint density at radius 1 is 1.11 bits per heavy atom. The van der Waals surface area contributed by atoms with Crippen molar-refractivity contribution in [1.82, 2.24) is 10.2 Å². The maximum atomic E-state index is 12.4. The Balaban J connectivity index is 1.82. The first-order valence-electron chi connectivity index (χ1n) is 8.44. The largest absolute Gasteiger partial charge is 0.403 e. The van der Waals surface area contributed by atoms with Crippen molar-refractivity contribution < 1.29 is 17.6 Å². The number of aromatic nitrogens is 2. The maximum Gasteiger partial charge on any atom is 0.322 e. The molecule has 0 aliphatic carbocycles. The molecule has 3 aromatic rings. The van der Waals surface area contributed by atoms with Gasteiger partial charge in [-0.3, -0.25) is 10.1 Å². The van der Waals surface area contributed by atoms with E-state index in [1.165, 1.54) is 23.9 Å². The zero-order valence-electron chi connectivity index (χ0n) is 15.5. The molecule has 0 aliphatic rings. The molecule has 0 aliphatic heterocycles. The number of nitrogens with one attached hydrogen (secondary N) is 1. The van der Waals surface area contributed by atoms with Gasteiger partial charge in [-0.2, -0.15) is 0 Å². The van der Waals surface area contributed by atoms with E-state index in [2.05, 4.69) is 15.5 Å². The van der Waals surface area contributed by atoms with Crippen molar-refractivity contribution in [3.8, 4) is 11.5 Å². The van der Waals surface area contributed by atoms with Gasteiger partial charge in [-0.25, -0.2) is 8.42 Å². The third-order valence-electron chi connectivity index (χ3n) is 4.01. The molecule has 1 amide bonds. The molecule has 2 aromatic carbocycles. The van der Waals surface area contributed by atoms with Crippen LogP contribution in [0.1, 0.15) is 24.2 Å². The standard InChI is InChI=1S/C19H19N3O4S2/c1-12(2)28(24,25)16-9-5-7-14(11-16)18-21-22-19(26-18)20-17(23)13-6-4-8-15(10-13)27-3/h4-12H,1-3H3,(H,20,22,23). The van der Waals surface area contributed by atoms with Crippen molar-refractivity contribution in [2.75, 3.05) is 11.6 Å². The van der Waals surface area contributed by atoms with Gasteiger partial charge in [0.25, 0.3) is 5.91 Å². The van der Waals surface area contributed by atoms with Gasteiger partial charge in [0.05, 0.1) is 10.1 Å². The predicted molar refractivity (Wildman–Crippen MR) is 108 cm³/mol. The summed E-state index contributed by atoms with van der Waals surface area (Å²) in [6.45, 7) is 3.24. The average Bonchev–Trinajstić information content (AvgIpc) is 3.16. The second-order valence-corrected chi connectivity index (χ2v) is 9.60. The van der Waals surface area contributed by atoms with Gasteiger partial charge in [0, 0.05) is 16.0 Å². The van der Waals surface area contributed by atoms with E-state index < -0.39 is 15.1 Å². The summed E-state index contributed by atoms with van der Waals surface area (Å²) in [5.74, 6) is -0.254. The van der Waals surface area contributed by atoms with E-state index in [0.717, 1.165) is 4.90 Å². The van der Waals surface area contributed by atoms with Gasteiger partial charge in [0.1, 0.15) is 0 Å². The van der Waals surface area contributed by atoms with Gasteiger partial charge in [-0.1, -0.05) is 17.2 Å². The lowest BCUT2D eigenvalue weighted by Gasteiger charge is -2.08. The van der Waals surface area contributed by atoms with Crippen LogP contribution in [-0.4, -0.2) is 36.0 Å². The molecule has 0 fully saturated rings. The number of hydrogen-bond acceptors (Lipinski definition) is 7. The fraction of sp³-hybridized carbons (Fsp3) is 0.211. The molecule has 9 heteroatoms. The molecule has 1 aromatic heterocycles. The average molecular weight is 418 g/mol. The first-order valence-corrected chi connectivity index (χ1v) is 11.2. The molecule has 146 valence electrons. The molecule has 0 saturated carbocycles. The third kappa shape index (κ3) is 4.26. The molecule has 0 unspecified atom stereocenters. The minimum absolute atomic E-state index is 0.0633.